The van der Waals surface area contributed by atoms with Crippen molar-refractivity contribution >= 4 is 8.32 Å². The largest absolute Gasteiger partial charge is 0.409 e. The molecule has 2 saturated heterocycles. The van der Waals surface area contributed by atoms with Crippen LogP contribution in [0, 0.1) is 0 Å². The molecule has 5 rings (SSSR count). The standard InChI is InChI=1S/C42H57N3O8Si/c1-9-33-37(52-42(5,6)51-33)35(53-54(7,8)41(2,3)4)29-49-40-36(44-45-43)39(48-27-32-23-17-12-18-24-32)38(47-26-31-21-15-11-16-22-31)34(50-40)28-46-25-30-19-13-10-14-20-30/h9-24,33-40H,1,25-29H2,2-8H3/t33-,34-,35-,36-,37-,38-,39-,40+/m1/s1. The van der Waals surface area contributed by atoms with E-state index in [1.807, 2.05) is 105 Å². The zero-order valence-electron chi connectivity index (χ0n) is 32.7. The maximum Gasteiger partial charge on any atom is 0.192 e. The first-order valence-electron chi connectivity index (χ1n) is 18.7. The molecule has 0 radical (unpaired) electrons. The van der Waals surface area contributed by atoms with Crippen molar-refractivity contribution in [1.82, 2.24) is 0 Å². The van der Waals surface area contributed by atoms with Gasteiger partial charge >= 0.3 is 0 Å². The molecule has 2 aliphatic heterocycles. The van der Waals surface area contributed by atoms with Gasteiger partial charge in [0.1, 0.15) is 36.6 Å². The predicted molar refractivity (Wildman–Crippen MR) is 210 cm³/mol. The minimum atomic E-state index is -2.36. The van der Waals surface area contributed by atoms with Gasteiger partial charge in [0.2, 0.25) is 0 Å². The number of azide groups is 1. The molecule has 0 N–H and O–H groups in total. The molecule has 2 fully saturated rings. The van der Waals surface area contributed by atoms with Crippen LogP contribution in [-0.4, -0.2) is 76.3 Å². The third-order valence-electron chi connectivity index (χ3n) is 10.2. The predicted octanol–water partition coefficient (Wildman–Crippen LogP) is 8.89. The van der Waals surface area contributed by atoms with Crippen molar-refractivity contribution in [3.8, 4) is 0 Å². The van der Waals surface area contributed by atoms with Gasteiger partial charge in [0.05, 0.1) is 39.1 Å². The molecule has 3 aromatic rings. The quantitative estimate of drug-likeness (QED) is 0.0415. The van der Waals surface area contributed by atoms with Crippen molar-refractivity contribution in [3.05, 3.63) is 131 Å². The van der Waals surface area contributed by atoms with Gasteiger partial charge in [0.15, 0.2) is 20.4 Å². The Morgan fingerprint density at radius 1 is 0.833 bits per heavy atom. The van der Waals surface area contributed by atoms with Crippen LogP contribution in [0.4, 0.5) is 0 Å². The van der Waals surface area contributed by atoms with Gasteiger partial charge in [0, 0.05) is 4.91 Å². The second kappa shape index (κ2) is 19.0. The molecule has 0 amide bonds. The Morgan fingerprint density at radius 2 is 1.37 bits per heavy atom. The third-order valence-corrected chi connectivity index (χ3v) is 14.7. The smallest absolute Gasteiger partial charge is 0.192 e. The van der Waals surface area contributed by atoms with Crippen molar-refractivity contribution in [2.24, 2.45) is 5.11 Å². The van der Waals surface area contributed by atoms with E-state index in [-0.39, 0.29) is 31.5 Å². The number of hydrogen-bond acceptors (Lipinski definition) is 9. The average molecular weight is 760 g/mol. The molecule has 54 heavy (non-hydrogen) atoms. The van der Waals surface area contributed by atoms with Crippen molar-refractivity contribution in [2.75, 3.05) is 13.2 Å². The van der Waals surface area contributed by atoms with E-state index < -0.39 is 63.1 Å². The summed E-state index contributed by atoms with van der Waals surface area (Å²) in [4.78, 5) is 3.25. The van der Waals surface area contributed by atoms with Gasteiger partial charge in [0.25, 0.3) is 0 Å². The van der Waals surface area contributed by atoms with E-state index in [4.69, 9.17) is 37.6 Å². The first kappa shape index (κ1) is 41.8. The van der Waals surface area contributed by atoms with Gasteiger partial charge in [-0.05, 0) is 54.2 Å². The van der Waals surface area contributed by atoms with Crippen molar-refractivity contribution in [1.29, 1.82) is 0 Å². The van der Waals surface area contributed by atoms with Crippen molar-refractivity contribution in [3.63, 3.8) is 0 Å². The van der Waals surface area contributed by atoms with Gasteiger partial charge in [-0.15, -0.1) is 6.58 Å². The van der Waals surface area contributed by atoms with Crippen LogP contribution in [0.15, 0.2) is 109 Å². The summed E-state index contributed by atoms with van der Waals surface area (Å²) in [6.07, 6.45) is -2.90. The fourth-order valence-electron chi connectivity index (χ4n) is 6.37. The molecule has 0 aliphatic carbocycles. The second-order valence-corrected chi connectivity index (χ2v) is 20.6. The lowest BCUT2D eigenvalue weighted by Gasteiger charge is -2.45. The highest BCUT2D eigenvalue weighted by molar-refractivity contribution is 6.74. The summed E-state index contributed by atoms with van der Waals surface area (Å²) in [7, 11) is -2.36. The van der Waals surface area contributed by atoms with Gasteiger partial charge in [-0.25, -0.2) is 0 Å². The minimum Gasteiger partial charge on any atom is -0.409 e. The molecule has 0 aromatic heterocycles. The zero-order chi connectivity index (χ0) is 38.8. The third kappa shape index (κ3) is 11.3. The molecule has 2 heterocycles. The maximum absolute atomic E-state index is 9.94. The van der Waals surface area contributed by atoms with Crippen LogP contribution in [-0.2, 0) is 57.4 Å². The molecule has 0 spiro atoms. The number of nitrogens with zero attached hydrogens (tertiary/aromatic N) is 3. The first-order valence-corrected chi connectivity index (χ1v) is 21.6. The molecule has 0 unspecified atom stereocenters. The number of ether oxygens (including phenoxy) is 7. The molecule has 12 heteroatoms. The lowest BCUT2D eigenvalue weighted by atomic mass is 9.96. The van der Waals surface area contributed by atoms with E-state index in [1.54, 1.807) is 6.08 Å². The van der Waals surface area contributed by atoms with Crippen LogP contribution < -0.4 is 0 Å². The zero-order valence-corrected chi connectivity index (χ0v) is 33.7. The van der Waals surface area contributed by atoms with Gasteiger partial charge in [-0.2, -0.15) is 0 Å². The van der Waals surface area contributed by atoms with Gasteiger partial charge in [-0.1, -0.05) is 123 Å². The van der Waals surface area contributed by atoms with Gasteiger partial charge < -0.3 is 37.6 Å². The molecule has 11 nitrogen and oxygen atoms in total. The molecule has 8 atom stereocenters. The lowest BCUT2D eigenvalue weighted by molar-refractivity contribution is -0.291. The fourth-order valence-corrected chi connectivity index (χ4v) is 7.68. The van der Waals surface area contributed by atoms with E-state index in [0.717, 1.165) is 16.7 Å². The van der Waals surface area contributed by atoms with Crippen molar-refractivity contribution in [2.45, 2.75) is 127 Å². The summed E-state index contributed by atoms with van der Waals surface area (Å²) < 4.78 is 52.6. The highest BCUT2D eigenvalue weighted by atomic mass is 28.4. The Balaban J connectivity index is 1.47. The second-order valence-electron chi connectivity index (χ2n) is 15.8. The summed E-state index contributed by atoms with van der Waals surface area (Å²) >= 11 is 0. The Labute approximate surface area is 321 Å². The molecule has 3 aromatic carbocycles. The fraction of sp³-hybridized carbons (Fsp3) is 0.524. The number of benzene rings is 3. The van der Waals surface area contributed by atoms with Crippen LogP contribution in [0.3, 0.4) is 0 Å². The molecule has 2 aliphatic rings. The van der Waals surface area contributed by atoms with Crippen LogP contribution in [0.25, 0.3) is 10.4 Å². The first-order chi connectivity index (χ1) is 25.8. The van der Waals surface area contributed by atoms with E-state index in [0.29, 0.717) is 6.61 Å². The van der Waals surface area contributed by atoms with Crippen molar-refractivity contribution < 1.29 is 37.6 Å². The topological polar surface area (TPSA) is 123 Å². The Kier molecular flexibility index (Phi) is 14.7. The normalized spacial score (nSPS) is 26.2. The molecular formula is C42H57N3O8Si. The average Bonchev–Trinajstić information content (AvgIpc) is 3.47. The summed E-state index contributed by atoms with van der Waals surface area (Å²) in [6.45, 7) is 19.8. The van der Waals surface area contributed by atoms with E-state index in [9.17, 15) is 5.53 Å². The Morgan fingerprint density at radius 3 is 1.89 bits per heavy atom. The van der Waals surface area contributed by atoms with E-state index in [1.165, 1.54) is 0 Å². The summed E-state index contributed by atoms with van der Waals surface area (Å²) in [5.74, 6) is -0.853. The van der Waals surface area contributed by atoms with E-state index >= 15 is 0 Å². The Bertz CT molecular complexity index is 1640. The van der Waals surface area contributed by atoms with Crippen LogP contribution in [0.2, 0.25) is 18.1 Å². The molecular weight excluding hydrogens is 703 g/mol. The molecule has 292 valence electrons. The van der Waals surface area contributed by atoms with Gasteiger partial charge in [-0.3, -0.25) is 0 Å². The van der Waals surface area contributed by atoms with Crippen LogP contribution >= 0.6 is 0 Å². The number of rotatable bonds is 18. The highest BCUT2D eigenvalue weighted by Gasteiger charge is 2.51. The Hall–Kier alpha value is -3.39. The molecule has 0 bridgehead atoms. The summed E-state index contributed by atoms with van der Waals surface area (Å²) in [5, 5.41) is 4.15. The minimum absolute atomic E-state index is 0.0572. The summed E-state index contributed by atoms with van der Waals surface area (Å²) in [5.41, 5.74) is 12.9. The maximum atomic E-state index is 9.94. The monoisotopic (exact) mass is 759 g/mol. The summed E-state index contributed by atoms with van der Waals surface area (Å²) in [6, 6.07) is 28.7. The molecule has 0 saturated carbocycles. The SMILES string of the molecule is C=C[C@H]1OC(C)(C)O[C@H]1[C@@H](CO[C@H]1O[C@H](COCc2ccccc2)[C@@H](OCc2ccccc2)[C@H](OCc2ccccc2)[C@H]1N=[N+]=[N-])O[Si](C)(C)C(C)(C)C. The highest BCUT2D eigenvalue weighted by Crippen LogP contribution is 2.40. The van der Waals surface area contributed by atoms with Crippen LogP contribution in [0.1, 0.15) is 51.3 Å². The lowest BCUT2D eigenvalue weighted by Crippen LogP contribution is -2.61. The van der Waals surface area contributed by atoms with Crippen LogP contribution in [0.5, 0.6) is 0 Å². The van der Waals surface area contributed by atoms with E-state index in [2.05, 4.69) is 50.5 Å². The number of hydrogen-bond donors (Lipinski definition) is 0.